The van der Waals surface area contributed by atoms with Crippen LogP contribution in [0.1, 0.15) is 53.8 Å². The number of rotatable bonds is 1. The second-order valence-corrected chi connectivity index (χ2v) is 8.91. The molecule has 27 heavy (non-hydrogen) atoms. The van der Waals surface area contributed by atoms with Gasteiger partial charge >= 0.3 is 0 Å². The third-order valence-corrected chi connectivity index (χ3v) is 7.26. The number of aromatic nitrogens is 2. The van der Waals surface area contributed by atoms with E-state index < -0.39 is 0 Å². The number of amides is 1. The molecule has 4 heterocycles. The molecule has 6 heteroatoms. The summed E-state index contributed by atoms with van der Waals surface area (Å²) in [6.07, 6.45) is 8.94. The summed E-state index contributed by atoms with van der Waals surface area (Å²) in [5.41, 5.74) is 1.53. The van der Waals surface area contributed by atoms with Crippen molar-refractivity contribution < 1.29 is 4.79 Å². The number of piperidine rings is 1. The minimum atomic E-state index is -0.0943. The summed E-state index contributed by atoms with van der Waals surface area (Å²) >= 11 is 1.36. The Hall–Kier alpha value is -2.21. The lowest BCUT2D eigenvalue weighted by Crippen LogP contribution is -2.49. The Morgan fingerprint density at radius 3 is 2.93 bits per heavy atom. The summed E-state index contributed by atoms with van der Waals surface area (Å²) in [7, 11) is 0. The molecule has 2 aliphatic rings. The molecule has 3 aromatic rings. The fourth-order valence-corrected chi connectivity index (χ4v) is 5.86. The van der Waals surface area contributed by atoms with Crippen LogP contribution in [0.5, 0.6) is 0 Å². The molecule has 3 aromatic heterocycles. The molecule has 5 nitrogen and oxygen atoms in total. The van der Waals surface area contributed by atoms with Gasteiger partial charge in [-0.25, -0.2) is 4.98 Å². The molecular formula is C21H23N3O2S. The van der Waals surface area contributed by atoms with Crippen LogP contribution in [0.2, 0.25) is 0 Å². The van der Waals surface area contributed by atoms with Crippen molar-refractivity contribution in [3.05, 3.63) is 45.2 Å². The van der Waals surface area contributed by atoms with Gasteiger partial charge in [0.1, 0.15) is 10.5 Å². The number of nitrogens with zero attached hydrogens (tertiary/aromatic N) is 3. The van der Waals surface area contributed by atoms with Crippen molar-refractivity contribution in [2.75, 3.05) is 6.54 Å². The van der Waals surface area contributed by atoms with Gasteiger partial charge in [-0.15, -0.1) is 11.3 Å². The molecule has 1 amide bonds. The van der Waals surface area contributed by atoms with Gasteiger partial charge < -0.3 is 4.90 Å². The quantitative estimate of drug-likeness (QED) is 0.640. The maximum atomic E-state index is 13.3. The van der Waals surface area contributed by atoms with Gasteiger partial charge in [0.15, 0.2) is 0 Å². The lowest BCUT2D eigenvalue weighted by atomic mass is 9.78. The van der Waals surface area contributed by atoms with Crippen LogP contribution in [0, 0.1) is 12.8 Å². The topological polar surface area (TPSA) is 54.7 Å². The maximum Gasteiger partial charge on any atom is 0.266 e. The van der Waals surface area contributed by atoms with E-state index in [0.29, 0.717) is 32.7 Å². The molecule has 0 unspecified atom stereocenters. The van der Waals surface area contributed by atoms with E-state index in [9.17, 15) is 9.59 Å². The molecule has 0 radical (unpaired) electrons. The molecule has 0 aromatic carbocycles. The van der Waals surface area contributed by atoms with E-state index in [0.717, 1.165) is 24.9 Å². The van der Waals surface area contributed by atoms with Gasteiger partial charge in [-0.1, -0.05) is 18.9 Å². The van der Waals surface area contributed by atoms with E-state index in [2.05, 4.69) is 9.88 Å². The lowest BCUT2D eigenvalue weighted by molar-refractivity contribution is 0.0395. The van der Waals surface area contributed by atoms with Gasteiger partial charge in [-0.3, -0.25) is 14.0 Å². The number of likely N-dealkylation sites (tertiary alicyclic amines) is 1. The van der Waals surface area contributed by atoms with E-state index in [1.165, 1.54) is 37.0 Å². The van der Waals surface area contributed by atoms with E-state index in [-0.39, 0.29) is 11.5 Å². The van der Waals surface area contributed by atoms with Crippen LogP contribution in [-0.4, -0.2) is 32.8 Å². The fourth-order valence-electron chi connectivity index (χ4n) is 4.88. The highest BCUT2D eigenvalue weighted by Crippen LogP contribution is 2.36. The molecule has 1 aliphatic heterocycles. The third-order valence-electron chi connectivity index (χ3n) is 6.25. The van der Waals surface area contributed by atoms with Crippen molar-refractivity contribution in [3.8, 4) is 0 Å². The standard InChI is InChI=1S/C21H23N3O2S/c1-13-6-4-11-24-18(13)22-19-15(20(24)25)12-17(27-19)21(26)23-10-5-8-14-7-2-3-9-16(14)23/h4,6,11-12,14,16H,2-3,5,7-10H2,1H3/t14-,16-/m1/s1. The van der Waals surface area contributed by atoms with Gasteiger partial charge in [-0.05, 0) is 56.2 Å². The van der Waals surface area contributed by atoms with E-state index in [4.69, 9.17) is 0 Å². The molecule has 0 spiro atoms. The van der Waals surface area contributed by atoms with Crippen LogP contribution in [0.15, 0.2) is 29.2 Å². The largest absolute Gasteiger partial charge is 0.335 e. The first kappa shape index (κ1) is 16.9. The van der Waals surface area contributed by atoms with Crippen molar-refractivity contribution >= 4 is 33.1 Å². The monoisotopic (exact) mass is 381 g/mol. The van der Waals surface area contributed by atoms with Gasteiger partial charge in [0.05, 0.1) is 10.3 Å². The first-order chi connectivity index (χ1) is 13.1. The molecule has 140 valence electrons. The number of pyridine rings is 1. The predicted octanol–water partition coefficient (Wildman–Crippen LogP) is 4.01. The van der Waals surface area contributed by atoms with Crippen LogP contribution in [0.25, 0.3) is 15.9 Å². The molecular weight excluding hydrogens is 358 g/mol. The summed E-state index contributed by atoms with van der Waals surface area (Å²) in [5, 5.41) is 0.545. The maximum absolute atomic E-state index is 13.3. The van der Waals surface area contributed by atoms with Crippen molar-refractivity contribution in [2.24, 2.45) is 5.92 Å². The summed E-state index contributed by atoms with van der Waals surface area (Å²) in [4.78, 5) is 34.3. The number of hydrogen-bond donors (Lipinski definition) is 0. The zero-order valence-corrected chi connectivity index (χ0v) is 16.3. The number of fused-ring (bicyclic) bond motifs is 3. The smallest absolute Gasteiger partial charge is 0.266 e. The lowest BCUT2D eigenvalue weighted by Gasteiger charge is -2.44. The second-order valence-electron chi connectivity index (χ2n) is 7.88. The highest BCUT2D eigenvalue weighted by Gasteiger charge is 2.36. The third kappa shape index (κ3) is 2.69. The minimum absolute atomic E-state index is 0.0831. The van der Waals surface area contributed by atoms with E-state index in [1.54, 1.807) is 16.7 Å². The zero-order chi connectivity index (χ0) is 18.5. The van der Waals surface area contributed by atoms with Crippen molar-refractivity contribution in [3.63, 3.8) is 0 Å². The predicted molar refractivity (Wildman–Crippen MR) is 108 cm³/mol. The van der Waals surface area contributed by atoms with Gasteiger partial charge in [0, 0.05) is 18.8 Å². The molecule has 1 saturated heterocycles. The van der Waals surface area contributed by atoms with Crippen molar-refractivity contribution in [1.29, 1.82) is 0 Å². The number of carbonyl (C=O) groups is 1. The Bertz CT molecular complexity index is 1100. The van der Waals surface area contributed by atoms with Crippen molar-refractivity contribution in [1.82, 2.24) is 14.3 Å². The molecule has 5 rings (SSSR count). The summed E-state index contributed by atoms with van der Waals surface area (Å²) < 4.78 is 1.58. The summed E-state index contributed by atoms with van der Waals surface area (Å²) in [6, 6.07) is 5.94. The Balaban J connectivity index is 1.57. The van der Waals surface area contributed by atoms with Gasteiger partial charge in [-0.2, -0.15) is 0 Å². The molecule has 1 aliphatic carbocycles. The Morgan fingerprint density at radius 2 is 2.04 bits per heavy atom. The average molecular weight is 382 g/mol. The second kappa shape index (κ2) is 6.44. The fraction of sp³-hybridized carbons (Fsp3) is 0.476. The van der Waals surface area contributed by atoms with E-state index in [1.807, 2.05) is 19.1 Å². The SMILES string of the molecule is Cc1cccn2c(=O)c3cc(C(=O)N4CCC[C@H]5CCCC[C@H]54)sc3nc12. The molecule has 2 fully saturated rings. The van der Waals surface area contributed by atoms with Gasteiger partial charge in [0.2, 0.25) is 0 Å². The molecule has 1 saturated carbocycles. The summed E-state index contributed by atoms with van der Waals surface area (Å²) in [5.74, 6) is 0.736. The molecule has 0 N–H and O–H groups in total. The molecule has 0 bridgehead atoms. The normalized spacial score (nSPS) is 22.9. The van der Waals surface area contributed by atoms with Crippen molar-refractivity contribution in [2.45, 2.75) is 51.5 Å². The first-order valence-corrected chi connectivity index (χ1v) is 10.7. The van der Waals surface area contributed by atoms with Crippen LogP contribution in [0.3, 0.4) is 0 Å². The Kier molecular flexibility index (Phi) is 4.04. The minimum Gasteiger partial charge on any atom is -0.335 e. The average Bonchev–Trinajstić information content (AvgIpc) is 3.13. The van der Waals surface area contributed by atoms with Crippen LogP contribution in [-0.2, 0) is 0 Å². The number of aryl methyl sites for hydroxylation is 1. The van der Waals surface area contributed by atoms with Gasteiger partial charge in [0.25, 0.3) is 11.5 Å². The highest BCUT2D eigenvalue weighted by molar-refractivity contribution is 7.20. The van der Waals surface area contributed by atoms with E-state index >= 15 is 0 Å². The number of hydrogen-bond acceptors (Lipinski definition) is 4. The van der Waals surface area contributed by atoms with Crippen LogP contribution < -0.4 is 5.56 Å². The first-order valence-electron chi connectivity index (χ1n) is 9.86. The number of carbonyl (C=O) groups excluding carboxylic acids is 1. The Labute approximate surface area is 161 Å². The molecule has 2 atom stereocenters. The number of thiophene rings is 1. The zero-order valence-electron chi connectivity index (χ0n) is 15.5. The Morgan fingerprint density at radius 1 is 1.22 bits per heavy atom. The summed E-state index contributed by atoms with van der Waals surface area (Å²) in [6.45, 7) is 2.78. The van der Waals surface area contributed by atoms with Crippen LogP contribution in [0.4, 0.5) is 0 Å². The highest BCUT2D eigenvalue weighted by atomic mass is 32.1. The van der Waals surface area contributed by atoms with Crippen LogP contribution >= 0.6 is 11.3 Å².